The predicted molar refractivity (Wildman–Crippen MR) is 83.4 cm³/mol. The van der Waals surface area contributed by atoms with Gasteiger partial charge in [-0.3, -0.25) is 4.68 Å². The van der Waals surface area contributed by atoms with Crippen LogP contribution in [0.1, 0.15) is 24.6 Å². The summed E-state index contributed by atoms with van der Waals surface area (Å²) in [5, 5.41) is 13.9. The summed E-state index contributed by atoms with van der Waals surface area (Å²) in [5.41, 5.74) is 1.78. The molecule has 0 aromatic carbocycles. The summed E-state index contributed by atoms with van der Waals surface area (Å²) < 4.78 is 1.86. The van der Waals surface area contributed by atoms with Gasteiger partial charge in [-0.2, -0.15) is 16.9 Å². The molecular formula is C14H21N3O2S. The number of hydrogen-bond donors (Lipinski definition) is 1. The Hall–Kier alpha value is -1.43. The van der Waals surface area contributed by atoms with Crippen LogP contribution in [0.5, 0.6) is 0 Å². The lowest BCUT2D eigenvalue weighted by atomic mass is 10.2. The average Bonchev–Trinajstić information content (AvgIpc) is 2.70. The van der Waals surface area contributed by atoms with Gasteiger partial charge in [-0.25, -0.2) is 4.79 Å². The van der Waals surface area contributed by atoms with Crippen molar-refractivity contribution in [1.29, 1.82) is 0 Å². The van der Waals surface area contributed by atoms with Crippen molar-refractivity contribution in [3.8, 4) is 0 Å². The first-order valence-corrected chi connectivity index (χ1v) is 7.89. The van der Waals surface area contributed by atoms with Crippen LogP contribution < -0.4 is 4.90 Å². The Balaban J connectivity index is 2.32. The van der Waals surface area contributed by atoms with E-state index in [0.29, 0.717) is 5.25 Å². The maximum Gasteiger partial charge on any atom is 0.328 e. The molecule has 2 rings (SSSR count). The highest BCUT2D eigenvalue weighted by Gasteiger charge is 2.24. The number of nitrogens with zero attached hydrogens (tertiary/aromatic N) is 3. The lowest BCUT2D eigenvalue weighted by molar-refractivity contribution is -0.131. The fourth-order valence-corrected chi connectivity index (χ4v) is 3.73. The summed E-state index contributed by atoms with van der Waals surface area (Å²) in [6.07, 6.45) is 3.99. The van der Waals surface area contributed by atoms with E-state index in [-0.39, 0.29) is 0 Å². The monoisotopic (exact) mass is 295 g/mol. The Morgan fingerprint density at radius 2 is 2.35 bits per heavy atom. The molecular weight excluding hydrogens is 274 g/mol. The minimum atomic E-state index is -0.931. The van der Waals surface area contributed by atoms with Crippen molar-refractivity contribution in [2.24, 2.45) is 7.05 Å². The Kier molecular flexibility index (Phi) is 4.75. The summed E-state index contributed by atoms with van der Waals surface area (Å²) in [7, 11) is 1.92. The number of aliphatic carboxylic acids is 1. The molecule has 0 aliphatic carbocycles. The fraction of sp³-hybridized carbons (Fsp3) is 0.571. The summed E-state index contributed by atoms with van der Waals surface area (Å²) in [5.74, 6) is 1.20. The molecule has 1 aromatic rings. The molecule has 1 atom stereocenters. The van der Waals surface area contributed by atoms with Gasteiger partial charge < -0.3 is 10.0 Å². The van der Waals surface area contributed by atoms with Crippen molar-refractivity contribution in [3.05, 3.63) is 17.3 Å². The molecule has 1 fully saturated rings. The zero-order valence-corrected chi connectivity index (χ0v) is 13.0. The number of carboxylic acid groups (broad SMARTS) is 1. The van der Waals surface area contributed by atoms with E-state index in [0.717, 1.165) is 42.3 Å². The number of aromatic nitrogens is 2. The summed E-state index contributed by atoms with van der Waals surface area (Å²) in [4.78, 5) is 13.1. The second-order valence-corrected chi connectivity index (χ2v) is 6.37. The first-order valence-electron chi connectivity index (χ1n) is 6.84. The molecule has 0 spiro atoms. The molecule has 1 unspecified atom stereocenters. The van der Waals surface area contributed by atoms with Gasteiger partial charge in [0.1, 0.15) is 5.82 Å². The number of aryl methyl sites for hydroxylation is 2. The maximum atomic E-state index is 10.7. The van der Waals surface area contributed by atoms with E-state index < -0.39 is 5.97 Å². The van der Waals surface area contributed by atoms with Gasteiger partial charge in [0.2, 0.25) is 0 Å². The third kappa shape index (κ3) is 3.17. The van der Waals surface area contributed by atoms with E-state index in [1.54, 1.807) is 6.08 Å². The van der Waals surface area contributed by atoms with Crippen LogP contribution in [-0.2, 0) is 11.8 Å². The zero-order valence-electron chi connectivity index (χ0n) is 12.2. The number of carbonyl (C=O) groups is 1. The van der Waals surface area contributed by atoms with Gasteiger partial charge in [0.05, 0.1) is 5.69 Å². The lowest BCUT2D eigenvalue weighted by Gasteiger charge is -2.33. The SMILES string of the molecule is CCC1CN(c2c(/C=C/C(=O)O)c(C)nn2C)CCS1. The highest BCUT2D eigenvalue weighted by atomic mass is 32.2. The van der Waals surface area contributed by atoms with Crippen LogP contribution in [0.15, 0.2) is 6.08 Å². The maximum absolute atomic E-state index is 10.7. The number of thioether (sulfide) groups is 1. The van der Waals surface area contributed by atoms with Crippen molar-refractivity contribution in [1.82, 2.24) is 9.78 Å². The molecule has 6 heteroatoms. The molecule has 110 valence electrons. The van der Waals surface area contributed by atoms with E-state index in [9.17, 15) is 4.79 Å². The largest absolute Gasteiger partial charge is 0.478 e. The number of carboxylic acids is 1. The molecule has 0 bridgehead atoms. The normalized spacial score (nSPS) is 19.8. The van der Waals surface area contributed by atoms with Crippen molar-refractivity contribution in [3.63, 3.8) is 0 Å². The second-order valence-electron chi connectivity index (χ2n) is 4.96. The number of rotatable bonds is 4. The van der Waals surface area contributed by atoms with Crippen molar-refractivity contribution in [2.75, 3.05) is 23.7 Å². The lowest BCUT2D eigenvalue weighted by Crippen LogP contribution is -2.39. The van der Waals surface area contributed by atoms with E-state index in [4.69, 9.17) is 5.11 Å². The summed E-state index contributed by atoms with van der Waals surface area (Å²) in [6, 6.07) is 0. The van der Waals surface area contributed by atoms with Gasteiger partial charge in [-0.05, 0) is 19.4 Å². The molecule has 20 heavy (non-hydrogen) atoms. The molecule has 5 nitrogen and oxygen atoms in total. The van der Waals surface area contributed by atoms with Crippen LogP contribution in [0.25, 0.3) is 6.08 Å². The van der Waals surface area contributed by atoms with Crippen LogP contribution in [-0.4, -0.2) is 44.9 Å². The van der Waals surface area contributed by atoms with E-state index in [1.807, 2.05) is 30.4 Å². The van der Waals surface area contributed by atoms with Crippen LogP contribution in [0, 0.1) is 6.92 Å². The summed E-state index contributed by atoms with van der Waals surface area (Å²) in [6.45, 7) is 6.10. The van der Waals surface area contributed by atoms with E-state index >= 15 is 0 Å². The molecule has 0 amide bonds. The molecule has 0 radical (unpaired) electrons. The first-order chi connectivity index (χ1) is 9.52. The van der Waals surface area contributed by atoms with Crippen LogP contribution >= 0.6 is 11.8 Å². The van der Waals surface area contributed by atoms with Gasteiger partial charge >= 0.3 is 5.97 Å². The van der Waals surface area contributed by atoms with Gasteiger partial charge in [0.15, 0.2) is 0 Å². The average molecular weight is 295 g/mol. The highest BCUT2D eigenvalue weighted by Crippen LogP contribution is 2.30. The predicted octanol–water partition coefficient (Wildman–Crippen LogP) is 2.16. The van der Waals surface area contributed by atoms with Gasteiger partial charge in [-0.1, -0.05) is 6.92 Å². The Bertz CT molecular complexity index is 525. The summed E-state index contributed by atoms with van der Waals surface area (Å²) >= 11 is 2.01. The topological polar surface area (TPSA) is 58.4 Å². The van der Waals surface area contributed by atoms with E-state index in [1.165, 1.54) is 6.08 Å². The van der Waals surface area contributed by atoms with Crippen molar-refractivity contribution >= 4 is 29.6 Å². The molecule has 1 saturated heterocycles. The van der Waals surface area contributed by atoms with Crippen LogP contribution in [0.4, 0.5) is 5.82 Å². The fourth-order valence-electron chi connectivity index (χ4n) is 2.55. The Morgan fingerprint density at radius 3 is 3.00 bits per heavy atom. The van der Waals surface area contributed by atoms with Crippen LogP contribution in [0.3, 0.4) is 0 Å². The molecule has 1 aromatic heterocycles. The van der Waals surface area contributed by atoms with Crippen molar-refractivity contribution < 1.29 is 9.90 Å². The molecule has 1 N–H and O–H groups in total. The van der Waals surface area contributed by atoms with Crippen molar-refractivity contribution in [2.45, 2.75) is 25.5 Å². The number of anilines is 1. The molecule has 1 aliphatic heterocycles. The molecule has 1 aliphatic rings. The van der Waals surface area contributed by atoms with E-state index in [2.05, 4.69) is 16.9 Å². The Labute approximate surface area is 123 Å². The quantitative estimate of drug-likeness (QED) is 0.863. The smallest absolute Gasteiger partial charge is 0.328 e. The minimum Gasteiger partial charge on any atom is -0.478 e. The van der Waals surface area contributed by atoms with Gasteiger partial charge in [0, 0.05) is 42.8 Å². The Morgan fingerprint density at radius 1 is 1.60 bits per heavy atom. The minimum absolute atomic E-state index is 0.634. The van der Waals surface area contributed by atoms with Crippen LogP contribution in [0.2, 0.25) is 0 Å². The third-order valence-corrected chi connectivity index (χ3v) is 4.90. The molecule has 2 heterocycles. The molecule has 0 saturated carbocycles. The number of hydrogen-bond acceptors (Lipinski definition) is 4. The standard InChI is InChI=1S/C14H21N3O2S/c1-4-11-9-17(7-8-20-11)14-12(5-6-13(18)19)10(2)15-16(14)3/h5-6,11H,4,7-9H2,1-3H3,(H,18,19)/b6-5+. The van der Waals surface area contributed by atoms with Gasteiger partial charge in [-0.15, -0.1) is 0 Å². The zero-order chi connectivity index (χ0) is 14.7. The second kappa shape index (κ2) is 6.35. The third-order valence-electron chi connectivity index (χ3n) is 3.52. The van der Waals surface area contributed by atoms with Gasteiger partial charge in [0.25, 0.3) is 0 Å². The first kappa shape index (κ1) is 15.0. The highest BCUT2D eigenvalue weighted by molar-refractivity contribution is 8.00.